The minimum absolute atomic E-state index is 0. The van der Waals surface area contributed by atoms with E-state index in [1.165, 1.54) is 0 Å². The Bertz CT molecular complexity index is 920. The van der Waals surface area contributed by atoms with Gasteiger partial charge in [-0.15, -0.1) is 35.0 Å². The monoisotopic (exact) mass is 421 g/mol. The first kappa shape index (κ1) is 20.3. The fourth-order valence-electron chi connectivity index (χ4n) is 3.97. The van der Waals surface area contributed by atoms with Crippen LogP contribution in [0.2, 0.25) is 0 Å². The molecule has 2 aromatic heterocycles. The second-order valence-corrected chi connectivity index (χ2v) is 6.76. The third-order valence-electron chi connectivity index (χ3n) is 5.30. The molecule has 0 saturated carbocycles. The van der Waals surface area contributed by atoms with Crippen molar-refractivity contribution in [2.75, 3.05) is 18.0 Å². The third kappa shape index (κ3) is 3.50. The molecule has 148 valence electrons. The van der Waals surface area contributed by atoms with Gasteiger partial charge in [-0.05, 0) is 37.1 Å². The Labute approximate surface area is 174 Å². The molecule has 2 fully saturated rings. The number of phenols is 1. The second-order valence-electron chi connectivity index (χ2n) is 6.76. The van der Waals surface area contributed by atoms with Crippen molar-refractivity contribution in [1.82, 2.24) is 30.7 Å². The molecule has 0 unspecified atom stereocenters. The van der Waals surface area contributed by atoms with Crippen molar-refractivity contribution >= 4 is 30.8 Å². The highest BCUT2D eigenvalue weighted by molar-refractivity contribution is 5.85. The molecule has 28 heavy (non-hydrogen) atoms. The first-order valence-corrected chi connectivity index (χ1v) is 8.82. The molecule has 10 heteroatoms. The minimum atomic E-state index is 0. The summed E-state index contributed by atoms with van der Waals surface area (Å²) in [5, 5.41) is 29.3. The topological polar surface area (TPSA) is 103 Å². The fraction of sp³-hybridized carbons (Fsp3) is 0.333. The zero-order valence-electron chi connectivity index (χ0n) is 14.9. The number of aromatic nitrogens is 5. The van der Waals surface area contributed by atoms with E-state index in [0.717, 1.165) is 37.1 Å². The summed E-state index contributed by atoms with van der Waals surface area (Å²) in [6, 6.07) is 6.45. The van der Waals surface area contributed by atoms with Gasteiger partial charge in [0.05, 0.1) is 12.4 Å². The molecule has 2 saturated heterocycles. The van der Waals surface area contributed by atoms with Crippen molar-refractivity contribution in [2.24, 2.45) is 0 Å². The second kappa shape index (κ2) is 8.30. The summed E-state index contributed by atoms with van der Waals surface area (Å²) in [6.07, 6.45) is 7.42. The molecule has 2 aliphatic rings. The van der Waals surface area contributed by atoms with Crippen molar-refractivity contribution in [3.63, 3.8) is 0 Å². The summed E-state index contributed by atoms with van der Waals surface area (Å²) in [5.74, 6) is 0.813. The van der Waals surface area contributed by atoms with Crippen LogP contribution in [0.15, 0.2) is 36.8 Å². The van der Waals surface area contributed by atoms with Gasteiger partial charge in [0.1, 0.15) is 11.4 Å². The lowest BCUT2D eigenvalue weighted by molar-refractivity contribution is 0.477. The number of hydrogen-bond donors (Lipinski definition) is 3. The molecule has 5 rings (SSSR count). The van der Waals surface area contributed by atoms with Crippen molar-refractivity contribution in [3.8, 4) is 28.1 Å². The molecule has 3 N–H and O–H groups in total. The van der Waals surface area contributed by atoms with Crippen molar-refractivity contribution in [1.29, 1.82) is 0 Å². The van der Waals surface area contributed by atoms with Gasteiger partial charge < -0.3 is 15.3 Å². The standard InChI is InChI=1S/C18H19N7O.2ClH/c26-17-7-11(12-8-21-22-9-12)1-2-13(17)15-10-20-18(24-23-15)25-6-4-14-16(25)3-5-19-14;;/h1-2,7-10,14,16,19,26H,3-6H2,(H,21,22);2*1H/t14-,16+;;/m1../s1. The van der Waals surface area contributed by atoms with Crippen molar-refractivity contribution < 1.29 is 5.11 Å². The van der Waals surface area contributed by atoms with Gasteiger partial charge in [0.15, 0.2) is 0 Å². The van der Waals surface area contributed by atoms with Gasteiger partial charge in [0.2, 0.25) is 5.95 Å². The normalized spacial score (nSPS) is 20.4. The lowest BCUT2D eigenvalue weighted by Crippen LogP contribution is -2.35. The molecule has 0 radical (unpaired) electrons. The highest BCUT2D eigenvalue weighted by atomic mass is 35.5. The number of phenolic OH excluding ortho intramolecular Hbond substituents is 1. The first-order valence-electron chi connectivity index (χ1n) is 8.82. The van der Waals surface area contributed by atoms with Gasteiger partial charge in [0.25, 0.3) is 0 Å². The molecule has 0 spiro atoms. The molecule has 4 heterocycles. The molecular weight excluding hydrogens is 401 g/mol. The van der Waals surface area contributed by atoms with Crippen LogP contribution in [-0.4, -0.2) is 55.7 Å². The van der Waals surface area contributed by atoms with E-state index in [0.29, 0.717) is 29.3 Å². The van der Waals surface area contributed by atoms with E-state index < -0.39 is 0 Å². The van der Waals surface area contributed by atoms with Crippen LogP contribution in [0.3, 0.4) is 0 Å². The molecular formula is C18H21Cl2N7O. The maximum absolute atomic E-state index is 10.4. The predicted octanol–water partition coefficient (Wildman–Crippen LogP) is 2.42. The van der Waals surface area contributed by atoms with Gasteiger partial charge in [-0.2, -0.15) is 5.10 Å². The van der Waals surface area contributed by atoms with E-state index in [4.69, 9.17) is 0 Å². The molecule has 8 nitrogen and oxygen atoms in total. The minimum Gasteiger partial charge on any atom is -0.507 e. The highest BCUT2D eigenvalue weighted by Crippen LogP contribution is 2.33. The lowest BCUT2D eigenvalue weighted by Gasteiger charge is -2.22. The van der Waals surface area contributed by atoms with Crippen molar-refractivity contribution in [2.45, 2.75) is 24.9 Å². The van der Waals surface area contributed by atoms with E-state index in [9.17, 15) is 5.11 Å². The molecule has 2 atom stereocenters. The van der Waals surface area contributed by atoms with E-state index in [1.807, 2.05) is 12.1 Å². The van der Waals surface area contributed by atoms with Crippen LogP contribution in [0.25, 0.3) is 22.4 Å². The molecule has 0 aliphatic carbocycles. The van der Waals surface area contributed by atoms with Gasteiger partial charge in [-0.3, -0.25) is 5.10 Å². The number of nitrogens with one attached hydrogen (secondary N) is 2. The van der Waals surface area contributed by atoms with Crippen LogP contribution in [0.1, 0.15) is 12.8 Å². The number of aromatic hydroxyl groups is 1. The molecule has 3 aromatic rings. The number of nitrogens with zero attached hydrogens (tertiary/aromatic N) is 5. The maximum atomic E-state index is 10.4. The highest BCUT2D eigenvalue weighted by Gasteiger charge is 2.38. The summed E-state index contributed by atoms with van der Waals surface area (Å²) in [7, 11) is 0. The van der Waals surface area contributed by atoms with Crippen LogP contribution in [0, 0.1) is 0 Å². The molecule has 1 aromatic carbocycles. The summed E-state index contributed by atoms with van der Waals surface area (Å²) < 4.78 is 0. The average Bonchev–Trinajstić information content (AvgIpc) is 3.40. The fourth-order valence-corrected chi connectivity index (χ4v) is 3.97. The quantitative estimate of drug-likeness (QED) is 0.596. The van der Waals surface area contributed by atoms with E-state index in [1.54, 1.807) is 24.7 Å². The van der Waals surface area contributed by atoms with Crippen LogP contribution >= 0.6 is 24.8 Å². The molecule has 0 bridgehead atoms. The summed E-state index contributed by atoms with van der Waals surface area (Å²) >= 11 is 0. The van der Waals surface area contributed by atoms with Crippen LogP contribution in [0.4, 0.5) is 5.95 Å². The summed E-state index contributed by atoms with van der Waals surface area (Å²) in [6.45, 7) is 2.00. The summed E-state index contributed by atoms with van der Waals surface area (Å²) in [4.78, 5) is 6.75. The zero-order valence-corrected chi connectivity index (χ0v) is 16.6. The Morgan fingerprint density at radius 2 is 1.96 bits per heavy atom. The first-order chi connectivity index (χ1) is 12.8. The number of aromatic amines is 1. The van der Waals surface area contributed by atoms with Gasteiger partial charge in [0, 0.05) is 36.0 Å². The Balaban J connectivity index is 0.00000112. The van der Waals surface area contributed by atoms with Gasteiger partial charge >= 0.3 is 0 Å². The number of rotatable bonds is 3. The van der Waals surface area contributed by atoms with Gasteiger partial charge in [-0.25, -0.2) is 4.98 Å². The number of hydrogen-bond acceptors (Lipinski definition) is 7. The number of anilines is 1. The zero-order chi connectivity index (χ0) is 17.5. The predicted molar refractivity (Wildman–Crippen MR) is 111 cm³/mol. The number of fused-ring (bicyclic) bond motifs is 1. The van der Waals surface area contributed by atoms with E-state index in [2.05, 4.69) is 35.6 Å². The number of halogens is 2. The molecule has 0 amide bonds. The SMILES string of the molecule is Cl.Cl.Oc1cc(-c2cn[nH]c2)ccc1-c1cnc(N2CC[C@H]3NCC[C@@H]32)nn1. The summed E-state index contributed by atoms with van der Waals surface area (Å²) in [5.41, 5.74) is 2.98. The van der Waals surface area contributed by atoms with Crippen LogP contribution < -0.4 is 10.2 Å². The Morgan fingerprint density at radius 1 is 1.07 bits per heavy atom. The van der Waals surface area contributed by atoms with E-state index in [-0.39, 0.29) is 30.6 Å². The Morgan fingerprint density at radius 3 is 2.68 bits per heavy atom. The van der Waals surface area contributed by atoms with Crippen LogP contribution in [0.5, 0.6) is 5.75 Å². The van der Waals surface area contributed by atoms with Crippen LogP contribution in [-0.2, 0) is 0 Å². The largest absolute Gasteiger partial charge is 0.507 e. The maximum Gasteiger partial charge on any atom is 0.245 e. The Kier molecular flexibility index (Phi) is 6.02. The van der Waals surface area contributed by atoms with E-state index >= 15 is 0 Å². The number of benzene rings is 1. The van der Waals surface area contributed by atoms with Crippen molar-refractivity contribution in [3.05, 3.63) is 36.8 Å². The smallest absolute Gasteiger partial charge is 0.245 e. The van der Waals surface area contributed by atoms with Gasteiger partial charge in [-0.1, -0.05) is 6.07 Å². The Hall–Kier alpha value is -2.42. The lowest BCUT2D eigenvalue weighted by atomic mass is 10.0. The number of H-pyrrole nitrogens is 1. The molecule has 2 aliphatic heterocycles. The average molecular weight is 422 g/mol. The third-order valence-corrected chi connectivity index (χ3v) is 5.30.